The third kappa shape index (κ3) is 5.66. The van der Waals surface area contributed by atoms with Gasteiger partial charge in [-0.2, -0.15) is 0 Å². The van der Waals surface area contributed by atoms with E-state index < -0.39 is 0 Å². The summed E-state index contributed by atoms with van der Waals surface area (Å²) in [4.78, 5) is 20.0. The lowest BCUT2D eigenvalue weighted by molar-refractivity contribution is -0.123. The molecule has 0 N–H and O–H groups in total. The molecule has 0 aromatic heterocycles. The summed E-state index contributed by atoms with van der Waals surface area (Å²) in [6.45, 7) is 10.7. The lowest BCUT2D eigenvalue weighted by Crippen LogP contribution is -2.35. The van der Waals surface area contributed by atoms with E-state index in [0.717, 1.165) is 25.6 Å². The average Bonchev–Trinajstić information content (AvgIpc) is 2.96. The number of hydrogen-bond donors (Lipinski definition) is 0. The number of halogens is 1. The topological polar surface area (TPSA) is 41.9 Å². The highest BCUT2D eigenvalue weighted by atomic mass is 127. The van der Waals surface area contributed by atoms with E-state index in [1.807, 2.05) is 52.0 Å². The van der Waals surface area contributed by atoms with Crippen molar-refractivity contribution in [3.63, 3.8) is 0 Å². The highest BCUT2D eigenvalue weighted by Crippen LogP contribution is 2.35. The largest absolute Gasteiger partial charge is 0.488 e. The van der Waals surface area contributed by atoms with Crippen LogP contribution in [0, 0.1) is 10.5 Å². The number of aryl methyl sites for hydroxylation is 1. The second-order valence-electron chi connectivity index (χ2n) is 7.85. The fraction of sp³-hybridized carbons (Fsp3) is 0.333. The summed E-state index contributed by atoms with van der Waals surface area (Å²) < 4.78 is 7.01. The second kappa shape index (κ2) is 10.0. The first-order valence-corrected chi connectivity index (χ1v) is 11.9. The van der Waals surface area contributed by atoms with Crippen LogP contribution in [-0.2, 0) is 11.4 Å². The number of amides is 1. The van der Waals surface area contributed by atoms with Crippen LogP contribution in [0.5, 0.6) is 5.75 Å². The van der Waals surface area contributed by atoms with Gasteiger partial charge >= 0.3 is 0 Å². The minimum Gasteiger partial charge on any atom is -0.488 e. The molecule has 4 nitrogen and oxygen atoms in total. The van der Waals surface area contributed by atoms with Crippen molar-refractivity contribution in [2.24, 2.45) is 4.99 Å². The van der Waals surface area contributed by atoms with Crippen molar-refractivity contribution in [2.45, 2.75) is 53.3 Å². The van der Waals surface area contributed by atoms with Crippen LogP contribution in [0.2, 0.25) is 0 Å². The Morgan fingerprint density at radius 1 is 1.13 bits per heavy atom. The maximum Gasteiger partial charge on any atom is 0.266 e. The monoisotopic (exact) mass is 534 g/mol. The molecule has 0 bridgehead atoms. The van der Waals surface area contributed by atoms with Crippen LogP contribution in [-0.4, -0.2) is 28.1 Å². The van der Waals surface area contributed by atoms with E-state index in [2.05, 4.69) is 58.8 Å². The molecule has 2 aromatic rings. The van der Waals surface area contributed by atoms with E-state index in [9.17, 15) is 4.79 Å². The molecule has 1 amide bonds. The highest BCUT2D eigenvalue weighted by molar-refractivity contribution is 14.1. The van der Waals surface area contributed by atoms with Crippen molar-refractivity contribution < 1.29 is 9.53 Å². The third-order valence-electron chi connectivity index (χ3n) is 4.49. The predicted octanol–water partition coefficient (Wildman–Crippen LogP) is 6.27. The Labute approximate surface area is 196 Å². The zero-order chi connectivity index (χ0) is 21.8. The summed E-state index contributed by atoms with van der Waals surface area (Å²) >= 11 is 3.73. The molecule has 0 aliphatic carbocycles. The Bertz CT molecular complexity index is 981. The standard InChI is InChI=1S/C24H27IN2O2S/c1-15(2)26-24-27(16(3)4)23(28)22(30-24)13-19-10-11-21(20(25)12-19)29-14-18-8-6-17(5)7-9-18/h6-13,15-16H,14H2,1-5H3/b22-13+,26-24?. The summed E-state index contributed by atoms with van der Waals surface area (Å²) in [7, 11) is 0. The van der Waals surface area contributed by atoms with Gasteiger partial charge in [-0.05, 0) is 98.3 Å². The number of thioether (sulfide) groups is 1. The maximum atomic E-state index is 12.9. The van der Waals surface area contributed by atoms with E-state index in [1.165, 1.54) is 17.3 Å². The van der Waals surface area contributed by atoms with Crippen molar-refractivity contribution in [1.29, 1.82) is 0 Å². The van der Waals surface area contributed by atoms with Crippen LogP contribution in [0.1, 0.15) is 44.4 Å². The molecule has 0 radical (unpaired) electrons. The predicted molar refractivity (Wildman–Crippen MR) is 135 cm³/mol. The number of ether oxygens (including phenoxy) is 1. The summed E-state index contributed by atoms with van der Waals surface area (Å²) in [6, 6.07) is 14.6. The Kier molecular flexibility index (Phi) is 7.63. The Morgan fingerprint density at radius 3 is 2.43 bits per heavy atom. The van der Waals surface area contributed by atoms with Crippen molar-refractivity contribution in [1.82, 2.24) is 4.90 Å². The van der Waals surface area contributed by atoms with E-state index >= 15 is 0 Å². The molecular weight excluding hydrogens is 507 g/mol. The van der Waals surface area contributed by atoms with E-state index in [0.29, 0.717) is 11.5 Å². The summed E-state index contributed by atoms with van der Waals surface area (Å²) in [5.41, 5.74) is 3.36. The fourth-order valence-electron chi connectivity index (χ4n) is 2.97. The number of aliphatic imine (C=N–C) groups is 1. The molecule has 3 rings (SSSR count). The van der Waals surface area contributed by atoms with Gasteiger partial charge in [-0.1, -0.05) is 35.9 Å². The minimum absolute atomic E-state index is 0.0177. The molecule has 30 heavy (non-hydrogen) atoms. The SMILES string of the molecule is Cc1ccc(COc2ccc(/C=C3/SC(=NC(C)C)N(C(C)C)C3=O)cc2I)cc1. The van der Waals surface area contributed by atoms with Crippen LogP contribution in [0.15, 0.2) is 52.4 Å². The molecule has 1 saturated heterocycles. The van der Waals surface area contributed by atoms with E-state index in [1.54, 1.807) is 4.90 Å². The van der Waals surface area contributed by atoms with Crippen molar-refractivity contribution in [3.8, 4) is 5.75 Å². The lowest BCUT2D eigenvalue weighted by atomic mass is 10.1. The molecule has 6 heteroatoms. The van der Waals surface area contributed by atoms with Gasteiger partial charge in [0.15, 0.2) is 5.17 Å². The van der Waals surface area contributed by atoms with Crippen LogP contribution >= 0.6 is 34.4 Å². The molecular formula is C24H27IN2O2S. The van der Waals surface area contributed by atoms with Gasteiger partial charge in [0.1, 0.15) is 12.4 Å². The first kappa shape index (κ1) is 22.9. The quantitative estimate of drug-likeness (QED) is 0.324. The van der Waals surface area contributed by atoms with Gasteiger partial charge in [-0.15, -0.1) is 0 Å². The molecule has 2 aromatic carbocycles. The minimum atomic E-state index is 0.0177. The number of benzene rings is 2. The highest BCUT2D eigenvalue weighted by Gasteiger charge is 2.35. The van der Waals surface area contributed by atoms with Crippen molar-refractivity contribution >= 4 is 51.5 Å². The van der Waals surface area contributed by atoms with Crippen molar-refractivity contribution in [2.75, 3.05) is 0 Å². The van der Waals surface area contributed by atoms with Crippen molar-refractivity contribution in [3.05, 3.63) is 67.6 Å². The number of nitrogens with zero attached hydrogens (tertiary/aromatic N) is 2. The summed E-state index contributed by atoms with van der Waals surface area (Å²) in [5.74, 6) is 0.860. The van der Waals surface area contributed by atoms with Crippen LogP contribution < -0.4 is 4.74 Å². The van der Waals surface area contributed by atoms with Gasteiger partial charge < -0.3 is 4.74 Å². The normalized spacial score (nSPS) is 17.1. The van der Waals surface area contributed by atoms with Crippen LogP contribution in [0.4, 0.5) is 0 Å². The fourth-order valence-corrected chi connectivity index (χ4v) is 4.90. The summed E-state index contributed by atoms with van der Waals surface area (Å²) in [5, 5.41) is 0.781. The smallest absolute Gasteiger partial charge is 0.266 e. The molecule has 0 saturated carbocycles. The average molecular weight is 534 g/mol. The maximum absolute atomic E-state index is 12.9. The molecule has 0 unspecified atom stereocenters. The molecule has 1 aliphatic heterocycles. The van der Waals surface area contributed by atoms with Gasteiger partial charge in [0.2, 0.25) is 0 Å². The molecule has 158 valence electrons. The van der Waals surface area contributed by atoms with E-state index in [-0.39, 0.29) is 18.0 Å². The van der Waals surface area contributed by atoms with Gasteiger partial charge in [0.05, 0.1) is 8.48 Å². The Hall–Kier alpha value is -1.80. The Balaban J connectivity index is 1.76. The summed E-state index contributed by atoms with van der Waals surface area (Å²) in [6.07, 6.45) is 1.94. The molecule has 0 atom stereocenters. The van der Waals surface area contributed by atoms with Gasteiger partial charge in [0, 0.05) is 12.1 Å². The Morgan fingerprint density at radius 2 is 1.83 bits per heavy atom. The molecule has 1 heterocycles. The number of carbonyl (C=O) groups is 1. The van der Waals surface area contributed by atoms with Gasteiger partial charge in [-0.25, -0.2) is 0 Å². The second-order valence-corrected chi connectivity index (χ2v) is 10.0. The third-order valence-corrected chi connectivity index (χ3v) is 6.33. The number of hydrogen-bond acceptors (Lipinski definition) is 4. The lowest BCUT2D eigenvalue weighted by Gasteiger charge is -2.20. The van der Waals surface area contributed by atoms with Gasteiger partial charge in [0.25, 0.3) is 5.91 Å². The zero-order valence-electron chi connectivity index (χ0n) is 18.0. The zero-order valence-corrected chi connectivity index (χ0v) is 21.0. The van der Waals surface area contributed by atoms with Crippen LogP contribution in [0.25, 0.3) is 6.08 Å². The molecule has 1 aliphatic rings. The molecule has 0 spiro atoms. The molecule has 1 fully saturated rings. The number of rotatable bonds is 6. The van der Waals surface area contributed by atoms with Gasteiger partial charge in [-0.3, -0.25) is 14.7 Å². The van der Waals surface area contributed by atoms with Crippen LogP contribution in [0.3, 0.4) is 0 Å². The first-order chi connectivity index (χ1) is 14.2. The number of carbonyl (C=O) groups excluding carboxylic acids is 1. The van der Waals surface area contributed by atoms with E-state index in [4.69, 9.17) is 4.74 Å². The number of amidine groups is 1. The first-order valence-electron chi connectivity index (χ1n) is 10.0.